The van der Waals surface area contributed by atoms with Crippen LogP contribution >= 0.6 is 11.6 Å². The Labute approximate surface area is 170 Å². The zero-order valence-corrected chi connectivity index (χ0v) is 16.8. The zero-order chi connectivity index (χ0) is 19.7. The van der Waals surface area contributed by atoms with Gasteiger partial charge in [0.15, 0.2) is 0 Å². The average Bonchev–Trinajstić information content (AvgIpc) is 3.17. The van der Waals surface area contributed by atoms with Gasteiger partial charge in [-0.15, -0.1) is 0 Å². The summed E-state index contributed by atoms with van der Waals surface area (Å²) in [5.41, 5.74) is 2.08. The number of hydrogen-bond donors (Lipinski definition) is 0. The quantitative estimate of drug-likeness (QED) is 0.622. The van der Waals surface area contributed by atoms with Crippen molar-refractivity contribution in [3.8, 4) is 0 Å². The second kappa shape index (κ2) is 7.76. The third-order valence-electron chi connectivity index (χ3n) is 5.12. The van der Waals surface area contributed by atoms with Crippen LogP contribution in [0.4, 0.5) is 5.95 Å². The van der Waals surface area contributed by atoms with Gasteiger partial charge < -0.3 is 0 Å². The lowest BCUT2D eigenvalue weighted by Crippen LogP contribution is -2.43. The Bertz CT molecular complexity index is 969. The highest BCUT2D eigenvalue weighted by Crippen LogP contribution is 2.43. The normalized spacial score (nSPS) is 18.9. The molecule has 2 heterocycles. The first-order chi connectivity index (χ1) is 13.6. The number of carbonyl (C=O) groups excluding carboxylic acids is 1. The monoisotopic (exact) mass is 394 g/mol. The molecule has 5 nitrogen and oxygen atoms in total. The molecule has 0 aliphatic carbocycles. The highest BCUT2D eigenvalue weighted by molar-refractivity contribution is 6.31. The van der Waals surface area contributed by atoms with E-state index in [9.17, 15) is 4.79 Å². The molecule has 0 spiro atoms. The van der Waals surface area contributed by atoms with Crippen LogP contribution in [-0.4, -0.2) is 20.7 Å². The minimum atomic E-state index is -0.120. The summed E-state index contributed by atoms with van der Waals surface area (Å²) in [5.74, 6) is 0.910. The summed E-state index contributed by atoms with van der Waals surface area (Å²) in [6.45, 7) is 4.10. The third kappa shape index (κ3) is 3.42. The van der Waals surface area contributed by atoms with Crippen LogP contribution in [0.2, 0.25) is 5.02 Å². The van der Waals surface area contributed by atoms with Crippen molar-refractivity contribution >= 4 is 23.5 Å². The Balaban J connectivity index is 1.84. The number of hydrogen-bond acceptors (Lipinski definition) is 3. The largest absolute Gasteiger partial charge is 0.274 e. The van der Waals surface area contributed by atoms with E-state index in [-0.39, 0.29) is 23.9 Å². The molecular formula is C22H23ClN4O. The summed E-state index contributed by atoms with van der Waals surface area (Å²) in [4.78, 5) is 19.5. The van der Waals surface area contributed by atoms with E-state index in [0.29, 0.717) is 23.8 Å². The number of amides is 1. The lowest BCUT2D eigenvalue weighted by atomic mass is 9.91. The fraction of sp³-hybridized carbons (Fsp3) is 0.318. The van der Waals surface area contributed by atoms with Crippen LogP contribution < -0.4 is 4.90 Å². The van der Waals surface area contributed by atoms with E-state index in [2.05, 4.69) is 36.1 Å². The van der Waals surface area contributed by atoms with E-state index in [4.69, 9.17) is 11.6 Å². The molecule has 0 saturated carbocycles. The lowest BCUT2D eigenvalue weighted by Gasteiger charge is -2.39. The van der Waals surface area contributed by atoms with Gasteiger partial charge in [-0.05, 0) is 29.5 Å². The highest BCUT2D eigenvalue weighted by Gasteiger charge is 2.39. The summed E-state index contributed by atoms with van der Waals surface area (Å²) in [6, 6.07) is 17.7. The van der Waals surface area contributed by atoms with Crippen molar-refractivity contribution in [1.82, 2.24) is 14.8 Å². The van der Waals surface area contributed by atoms with Crippen LogP contribution in [0.5, 0.6) is 0 Å². The molecule has 0 N–H and O–H groups in total. The Hall–Kier alpha value is -2.66. The van der Waals surface area contributed by atoms with Crippen LogP contribution in [0, 0.1) is 5.92 Å². The topological polar surface area (TPSA) is 51.0 Å². The zero-order valence-electron chi connectivity index (χ0n) is 16.0. The van der Waals surface area contributed by atoms with Crippen molar-refractivity contribution in [2.45, 2.75) is 38.8 Å². The van der Waals surface area contributed by atoms with E-state index in [0.717, 1.165) is 11.1 Å². The number of aromatic nitrogens is 3. The van der Waals surface area contributed by atoms with Gasteiger partial charge in [-0.2, -0.15) is 10.1 Å². The predicted molar refractivity (Wildman–Crippen MR) is 110 cm³/mol. The molecule has 6 heteroatoms. The second-order valence-corrected chi connectivity index (χ2v) is 7.97. The molecule has 1 aliphatic rings. The number of anilines is 1. The van der Waals surface area contributed by atoms with Gasteiger partial charge in [0, 0.05) is 11.4 Å². The number of benzene rings is 2. The third-order valence-corrected chi connectivity index (χ3v) is 5.47. The molecule has 0 saturated heterocycles. The minimum absolute atomic E-state index is 0.0655. The summed E-state index contributed by atoms with van der Waals surface area (Å²) in [5, 5.41) is 5.15. The van der Waals surface area contributed by atoms with Crippen molar-refractivity contribution in [2.24, 2.45) is 5.92 Å². The number of fused-ring (bicyclic) bond motifs is 1. The first-order valence-electron chi connectivity index (χ1n) is 9.57. The van der Waals surface area contributed by atoms with Gasteiger partial charge in [-0.3, -0.25) is 9.69 Å². The maximum atomic E-state index is 13.2. The molecule has 0 fully saturated rings. The molecule has 0 unspecified atom stereocenters. The Kier molecular flexibility index (Phi) is 5.18. The fourth-order valence-electron chi connectivity index (χ4n) is 3.89. The van der Waals surface area contributed by atoms with Gasteiger partial charge in [0.25, 0.3) is 0 Å². The molecule has 144 valence electrons. The molecule has 0 radical (unpaired) electrons. The summed E-state index contributed by atoms with van der Waals surface area (Å²) in [6.07, 6.45) is 2.67. The standard InChI is InChI=1S/C22H23ClN4O/c1-15(2)12-21(28)26-19(16-8-4-3-5-9-16)13-20(27-22(26)24-14-25-27)17-10-6-7-11-18(17)23/h3-11,14-15,19-20H,12-13H2,1-2H3/t19-,20-/m0/s1. The fourth-order valence-corrected chi connectivity index (χ4v) is 4.15. The van der Waals surface area contributed by atoms with E-state index in [1.807, 2.05) is 52.0 Å². The Morgan fingerprint density at radius 3 is 2.54 bits per heavy atom. The number of halogens is 1. The molecule has 1 amide bonds. The summed E-state index contributed by atoms with van der Waals surface area (Å²) < 4.78 is 1.83. The summed E-state index contributed by atoms with van der Waals surface area (Å²) in [7, 11) is 0. The number of nitrogens with zero attached hydrogens (tertiary/aromatic N) is 4. The first kappa shape index (κ1) is 18.7. The maximum absolute atomic E-state index is 13.2. The van der Waals surface area contributed by atoms with Crippen molar-refractivity contribution < 1.29 is 4.79 Å². The first-order valence-corrected chi connectivity index (χ1v) is 9.95. The Morgan fingerprint density at radius 2 is 1.82 bits per heavy atom. The number of rotatable bonds is 4. The second-order valence-electron chi connectivity index (χ2n) is 7.57. The van der Waals surface area contributed by atoms with Gasteiger partial charge in [0.2, 0.25) is 11.9 Å². The molecule has 1 aliphatic heterocycles. The van der Waals surface area contributed by atoms with Crippen molar-refractivity contribution in [1.29, 1.82) is 0 Å². The molecule has 1 aromatic heterocycles. The minimum Gasteiger partial charge on any atom is -0.274 e. The van der Waals surface area contributed by atoms with Crippen molar-refractivity contribution in [2.75, 3.05) is 4.90 Å². The van der Waals surface area contributed by atoms with Gasteiger partial charge in [0.1, 0.15) is 6.33 Å². The van der Waals surface area contributed by atoms with Crippen LogP contribution in [0.3, 0.4) is 0 Å². The van der Waals surface area contributed by atoms with Crippen LogP contribution in [0.25, 0.3) is 0 Å². The molecule has 2 aromatic carbocycles. The van der Waals surface area contributed by atoms with Crippen molar-refractivity contribution in [3.05, 3.63) is 77.1 Å². The van der Waals surface area contributed by atoms with Crippen LogP contribution in [0.15, 0.2) is 60.9 Å². The van der Waals surface area contributed by atoms with E-state index < -0.39 is 0 Å². The summed E-state index contributed by atoms with van der Waals surface area (Å²) >= 11 is 6.51. The predicted octanol–water partition coefficient (Wildman–Crippen LogP) is 5.05. The smallest absolute Gasteiger partial charge is 0.231 e. The highest BCUT2D eigenvalue weighted by atomic mass is 35.5. The van der Waals surface area contributed by atoms with Gasteiger partial charge in [-0.1, -0.05) is 74.0 Å². The van der Waals surface area contributed by atoms with Crippen LogP contribution in [-0.2, 0) is 4.79 Å². The SMILES string of the molecule is CC(C)CC(=O)N1c2ncnn2[C@H](c2ccccc2Cl)C[C@H]1c1ccccc1. The molecular weight excluding hydrogens is 372 g/mol. The van der Waals surface area contributed by atoms with E-state index in [1.165, 1.54) is 6.33 Å². The van der Waals surface area contributed by atoms with Gasteiger partial charge in [0.05, 0.1) is 12.1 Å². The van der Waals surface area contributed by atoms with E-state index in [1.54, 1.807) is 0 Å². The van der Waals surface area contributed by atoms with Crippen molar-refractivity contribution in [3.63, 3.8) is 0 Å². The van der Waals surface area contributed by atoms with Crippen LogP contribution in [0.1, 0.15) is 49.9 Å². The van der Waals surface area contributed by atoms with Gasteiger partial charge >= 0.3 is 0 Å². The molecule has 4 rings (SSSR count). The lowest BCUT2D eigenvalue weighted by molar-refractivity contribution is -0.120. The molecule has 2 atom stereocenters. The Morgan fingerprint density at radius 1 is 1.11 bits per heavy atom. The van der Waals surface area contributed by atoms with Gasteiger partial charge in [-0.25, -0.2) is 4.68 Å². The molecule has 0 bridgehead atoms. The van der Waals surface area contributed by atoms with E-state index >= 15 is 0 Å². The maximum Gasteiger partial charge on any atom is 0.231 e. The number of carbonyl (C=O) groups is 1. The molecule has 3 aromatic rings. The molecule has 28 heavy (non-hydrogen) atoms. The average molecular weight is 395 g/mol.